The number of rotatable bonds is 4. The molecule has 1 aromatic heterocycles. The van der Waals surface area contributed by atoms with Crippen LogP contribution in [0.2, 0.25) is 0 Å². The minimum atomic E-state index is -3.69. The zero-order valence-corrected chi connectivity index (χ0v) is 11.0. The Hall–Kier alpha value is -2.33. The molecule has 1 unspecified atom stereocenters. The lowest BCUT2D eigenvalue weighted by atomic mass is 10.1. The quantitative estimate of drug-likeness (QED) is 0.888. The van der Waals surface area contributed by atoms with E-state index in [2.05, 4.69) is 14.9 Å². The molecule has 0 fully saturated rings. The molecule has 2 N–H and O–H groups in total. The maximum absolute atomic E-state index is 11.8. The normalized spacial score (nSPS) is 12.6. The second-order valence-electron chi connectivity index (χ2n) is 3.97. The first-order chi connectivity index (χ1) is 9.03. The van der Waals surface area contributed by atoms with E-state index in [1.807, 2.05) is 6.07 Å². The number of benzene rings is 1. The molecular weight excluding hydrogens is 264 g/mol. The van der Waals surface area contributed by atoms with Crippen LogP contribution in [-0.2, 0) is 10.0 Å². The maximum Gasteiger partial charge on any atom is 0.248 e. The molecule has 1 heterocycles. The van der Waals surface area contributed by atoms with Gasteiger partial charge in [0.2, 0.25) is 10.0 Å². The van der Waals surface area contributed by atoms with Crippen molar-refractivity contribution in [3.8, 4) is 17.3 Å². The molecule has 0 bridgehead atoms. The third-order valence-corrected chi connectivity index (χ3v) is 4.14. The van der Waals surface area contributed by atoms with Crippen LogP contribution in [0.5, 0.6) is 0 Å². The smallest absolute Gasteiger partial charge is 0.248 e. The Kier molecular flexibility index (Phi) is 3.53. The molecule has 98 valence electrons. The summed E-state index contributed by atoms with van der Waals surface area (Å²) in [5.74, 6) is 0. The van der Waals surface area contributed by atoms with Gasteiger partial charge in [-0.25, -0.2) is 8.42 Å². The molecule has 0 saturated heterocycles. The van der Waals surface area contributed by atoms with Gasteiger partial charge in [0, 0.05) is 17.4 Å². The van der Waals surface area contributed by atoms with Crippen molar-refractivity contribution in [3.63, 3.8) is 0 Å². The van der Waals surface area contributed by atoms with Crippen molar-refractivity contribution in [1.82, 2.24) is 10.2 Å². The topological polar surface area (TPSA) is 98.6 Å². The number of nitrogens with one attached hydrogen (secondary N) is 2. The number of aromatic amines is 1. The number of nitrogens with zero attached hydrogens (tertiary/aromatic N) is 2. The predicted octanol–water partition coefficient (Wildman–Crippen LogP) is 1.73. The Balaban J connectivity index is 2.29. The van der Waals surface area contributed by atoms with Crippen LogP contribution < -0.4 is 4.72 Å². The molecule has 0 aliphatic rings. The summed E-state index contributed by atoms with van der Waals surface area (Å²) in [6.07, 6.45) is 1.62. The Morgan fingerprint density at radius 2 is 2.21 bits per heavy atom. The molecular formula is C12H12N4O2S. The van der Waals surface area contributed by atoms with Crippen LogP contribution in [0.25, 0.3) is 11.3 Å². The maximum atomic E-state index is 11.8. The third-order valence-electron chi connectivity index (χ3n) is 2.58. The SMILES string of the molecule is CC(C#N)S(=O)(=O)Nc1cccc(-c2ccn[nH]2)c1. The summed E-state index contributed by atoms with van der Waals surface area (Å²) in [6.45, 7) is 1.33. The third kappa shape index (κ3) is 2.92. The minimum absolute atomic E-state index is 0.411. The molecule has 0 spiro atoms. The average Bonchev–Trinajstić information content (AvgIpc) is 2.91. The van der Waals surface area contributed by atoms with Gasteiger partial charge in [-0.2, -0.15) is 10.4 Å². The van der Waals surface area contributed by atoms with Crippen molar-refractivity contribution in [2.75, 3.05) is 4.72 Å². The fraction of sp³-hybridized carbons (Fsp3) is 0.167. The van der Waals surface area contributed by atoms with Crippen LogP contribution in [0.3, 0.4) is 0 Å². The molecule has 6 nitrogen and oxygen atoms in total. The molecule has 1 aromatic carbocycles. The van der Waals surface area contributed by atoms with Crippen molar-refractivity contribution in [1.29, 1.82) is 5.26 Å². The molecule has 7 heteroatoms. The molecule has 0 radical (unpaired) electrons. The summed E-state index contributed by atoms with van der Waals surface area (Å²) in [5.41, 5.74) is 2.01. The van der Waals surface area contributed by atoms with Crippen molar-refractivity contribution >= 4 is 15.7 Å². The van der Waals surface area contributed by atoms with Gasteiger partial charge in [-0.05, 0) is 25.1 Å². The van der Waals surface area contributed by atoms with Gasteiger partial charge < -0.3 is 0 Å². The van der Waals surface area contributed by atoms with E-state index < -0.39 is 15.3 Å². The highest BCUT2D eigenvalue weighted by molar-refractivity contribution is 7.93. The van der Waals surface area contributed by atoms with Crippen LogP contribution in [0.1, 0.15) is 6.92 Å². The number of hydrogen-bond acceptors (Lipinski definition) is 4. The lowest BCUT2D eigenvalue weighted by molar-refractivity contribution is 0.597. The molecule has 0 saturated carbocycles. The van der Waals surface area contributed by atoms with E-state index in [9.17, 15) is 8.42 Å². The van der Waals surface area contributed by atoms with Crippen LogP contribution in [0.4, 0.5) is 5.69 Å². The Morgan fingerprint density at radius 1 is 1.42 bits per heavy atom. The fourth-order valence-corrected chi connectivity index (χ4v) is 2.26. The van der Waals surface area contributed by atoms with Gasteiger partial charge in [-0.1, -0.05) is 12.1 Å². The largest absolute Gasteiger partial charge is 0.282 e. The predicted molar refractivity (Wildman–Crippen MR) is 71.6 cm³/mol. The highest BCUT2D eigenvalue weighted by Gasteiger charge is 2.19. The van der Waals surface area contributed by atoms with E-state index in [1.54, 1.807) is 36.5 Å². The first kappa shape index (κ1) is 13.1. The molecule has 1 atom stereocenters. The average molecular weight is 276 g/mol. The van der Waals surface area contributed by atoms with Crippen molar-refractivity contribution in [2.24, 2.45) is 0 Å². The van der Waals surface area contributed by atoms with Gasteiger partial charge in [0.1, 0.15) is 0 Å². The van der Waals surface area contributed by atoms with Gasteiger partial charge in [0.25, 0.3) is 0 Å². The number of aromatic nitrogens is 2. The minimum Gasteiger partial charge on any atom is -0.282 e. The van der Waals surface area contributed by atoms with Gasteiger partial charge in [-0.15, -0.1) is 0 Å². The van der Waals surface area contributed by atoms with Crippen LogP contribution in [-0.4, -0.2) is 23.9 Å². The number of H-pyrrole nitrogens is 1. The first-order valence-electron chi connectivity index (χ1n) is 5.54. The Labute approximate surface area is 111 Å². The molecule has 2 rings (SSSR count). The first-order valence-corrected chi connectivity index (χ1v) is 7.08. The van der Waals surface area contributed by atoms with Gasteiger partial charge in [0.05, 0.1) is 11.8 Å². The highest BCUT2D eigenvalue weighted by atomic mass is 32.2. The number of anilines is 1. The van der Waals surface area contributed by atoms with Crippen LogP contribution in [0.15, 0.2) is 36.5 Å². The zero-order valence-electron chi connectivity index (χ0n) is 10.2. The van der Waals surface area contributed by atoms with E-state index in [0.29, 0.717) is 5.69 Å². The van der Waals surface area contributed by atoms with Crippen molar-refractivity contribution in [2.45, 2.75) is 12.2 Å². The summed E-state index contributed by atoms with van der Waals surface area (Å²) in [7, 11) is -3.69. The summed E-state index contributed by atoms with van der Waals surface area (Å²) in [4.78, 5) is 0. The second-order valence-corrected chi connectivity index (χ2v) is 5.97. The fourth-order valence-electron chi connectivity index (χ4n) is 1.49. The molecule has 0 aliphatic carbocycles. The van der Waals surface area contributed by atoms with E-state index in [1.165, 1.54) is 6.92 Å². The van der Waals surface area contributed by atoms with E-state index in [-0.39, 0.29) is 0 Å². The Morgan fingerprint density at radius 3 is 2.84 bits per heavy atom. The number of sulfonamides is 1. The Bertz CT molecular complexity index is 702. The van der Waals surface area contributed by atoms with Gasteiger partial charge in [-0.3, -0.25) is 9.82 Å². The van der Waals surface area contributed by atoms with E-state index in [4.69, 9.17) is 5.26 Å². The van der Waals surface area contributed by atoms with Crippen molar-refractivity contribution < 1.29 is 8.42 Å². The van der Waals surface area contributed by atoms with E-state index >= 15 is 0 Å². The lowest BCUT2D eigenvalue weighted by Crippen LogP contribution is -2.23. The van der Waals surface area contributed by atoms with Gasteiger partial charge in [0.15, 0.2) is 5.25 Å². The van der Waals surface area contributed by atoms with E-state index in [0.717, 1.165) is 11.3 Å². The molecule has 0 amide bonds. The molecule has 2 aromatic rings. The number of nitriles is 1. The zero-order chi connectivity index (χ0) is 13.9. The molecule has 19 heavy (non-hydrogen) atoms. The number of hydrogen-bond donors (Lipinski definition) is 2. The highest BCUT2D eigenvalue weighted by Crippen LogP contribution is 2.21. The summed E-state index contributed by atoms with van der Waals surface area (Å²) in [5, 5.41) is 14.2. The lowest BCUT2D eigenvalue weighted by Gasteiger charge is -2.10. The summed E-state index contributed by atoms with van der Waals surface area (Å²) in [6, 6.07) is 10.3. The van der Waals surface area contributed by atoms with Gasteiger partial charge >= 0.3 is 0 Å². The second kappa shape index (κ2) is 5.12. The van der Waals surface area contributed by atoms with Crippen LogP contribution >= 0.6 is 0 Å². The standard InChI is InChI=1S/C12H12N4O2S/c1-9(8-13)19(17,18)16-11-4-2-3-10(7-11)12-5-6-14-15-12/h2-7,9,16H,1H3,(H,14,15). The van der Waals surface area contributed by atoms with Crippen molar-refractivity contribution in [3.05, 3.63) is 36.5 Å². The monoisotopic (exact) mass is 276 g/mol. The summed E-state index contributed by atoms with van der Waals surface area (Å²) < 4.78 is 25.9. The summed E-state index contributed by atoms with van der Waals surface area (Å²) >= 11 is 0. The molecule has 0 aliphatic heterocycles. The van der Waals surface area contributed by atoms with Crippen LogP contribution in [0, 0.1) is 11.3 Å².